The van der Waals surface area contributed by atoms with Crippen molar-refractivity contribution < 1.29 is 65.4 Å². The van der Waals surface area contributed by atoms with Crippen molar-refractivity contribution in [1.82, 2.24) is 30.8 Å². The molecule has 2 aromatic carbocycles. The van der Waals surface area contributed by atoms with E-state index in [0.29, 0.717) is 51.7 Å². The van der Waals surface area contributed by atoms with Gasteiger partial charge in [0.25, 0.3) is 5.91 Å². The molecule has 0 aliphatic rings. The number of aryl methyl sites for hydroxylation is 2. The summed E-state index contributed by atoms with van der Waals surface area (Å²) < 4.78 is 0. The molecule has 0 aliphatic heterocycles. The van der Waals surface area contributed by atoms with Gasteiger partial charge in [0.05, 0.1) is 31.5 Å². The number of aliphatic hydroxyl groups is 10. The molecule has 0 saturated carbocycles. The second kappa shape index (κ2) is 33.7. The monoisotopic (exact) mass is 1080 g/mol. The van der Waals surface area contributed by atoms with E-state index in [-0.39, 0.29) is 54.2 Å². The number of benzene rings is 2. The van der Waals surface area contributed by atoms with Crippen LogP contribution in [0.1, 0.15) is 79.4 Å². The predicted octanol–water partition coefficient (Wildman–Crippen LogP) is -3.64. The molecule has 0 radical (unpaired) electrons. The summed E-state index contributed by atoms with van der Waals surface area (Å²) in [6.45, 7) is -1.57. The van der Waals surface area contributed by atoms with E-state index in [1.54, 1.807) is 0 Å². The average Bonchev–Trinajstić information content (AvgIpc) is 3.40. The van der Waals surface area contributed by atoms with Crippen LogP contribution in [-0.4, -0.2) is 203 Å². The molecule has 3 aromatic rings. The average molecular weight is 1080 g/mol. The van der Waals surface area contributed by atoms with Crippen LogP contribution in [-0.2, 0) is 22.4 Å². The van der Waals surface area contributed by atoms with Gasteiger partial charge in [-0.05, 0) is 99.6 Å². The first-order valence-electron chi connectivity index (χ1n) is 25.0. The molecule has 3 amide bonds. The number of nitrogens with zero attached hydrogens (tertiary/aromatic N) is 4. The molecule has 0 fully saturated rings. The van der Waals surface area contributed by atoms with Gasteiger partial charge >= 0.3 is 0 Å². The predicted molar refractivity (Wildman–Crippen MR) is 281 cm³/mol. The van der Waals surface area contributed by atoms with E-state index in [0.717, 1.165) is 41.5 Å². The van der Waals surface area contributed by atoms with Crippen molar-refractivity contribution in [2.45, 2.75) is 132 Å². The lowest BCUT2D eigenvalue weighted by Gasteiger charge is -2.33. The van der Waals surface area contributed by atoms with Crippen LogP contribution in [0.2, 0.25) is 5.15 Å². The lowest BCUT2D eigenvalue weighted by Crippen LogP contribution is -2.53. The molecule has 25 nitrogen and oxygen atoms in total. The summed E-state index contributed by atoms with van der Waals surface area (Å²) in [5.74, 6) is -2.06. The van der Waals surface area contributed by atoms with Crippen LogP contribution in [0.15, 0.2) is 53.5 Å². The number of aromatic nitrogens is 2. The van der Waals surface area contributed by atoms with Gasteiger partial charge in [0.15, 0.2) is 28.4 Å². The Labute approximate surface area is 441 Å². The largest absolute Gasteiger partial charge is 0.394 e. The molecule has 0 aliphatic carbocycles. The second-order valence-corrected chi connectivity index (χ2v) is 18.8. The topological polar surface area (TPSA) is 461 Å². The molecule has 26 heteroatoms. The fraction of sp³-hybridized carbons (Fsp3) is 0.592. The van der Waals surface area contributed by atoms with E-state index in [1.165, 1.54) is 4.90 Å². The highest BCUT2D eigenvalue weighted by molar-refractivity contribution is 6.31. The summed E-state index contributed by atoms with van der Waals surface area (Å²) in [5.41, 5.74) is 32.9. The third kappa shape index (κ3) is 22.1. The van der Waals surface area contributed by atoms with Crippen molar-refractivity contribution in [3.63, 3.8) is 0 Å². The van der Waals surface area contributed by atoms with Crippen LogP contribution < -0.4 is 44.6 Å². The Hall–Kier alpha value is -5.23. The molecule has 0 bridgehead atoms. The van der Waals surface area contributed by atoms with E-state index in [4.69, 9.17) is 40.3 Å². The molecule has 1 aromatic heterocycles. The Morgan fingerprint density at radius 3 is 1.71 bits per heavy atom. The lowest BCUT2D eigenvalue weighted by atomic mass is 9.99. The molecule has 420 valence electrons. The first-order chi connectivity index (χ1) is 35.7. The Bertz CT molecular complexity index is 2170. The minimum atomic E-state index is -1.95. The van der Waals surface area contributed by atoms with E-state index in [1.807, 2.05) is 24.3 Å². The molecule has 23 N–H and O–H groups in total. The molecule has 10 atom stereocenters. The lowest BCUT2D eigenvalue weighted by molar-refractivity contribution is -0.130. The highest BCUT2D eigenvalue weighted by Crippen LogP contribution is 2.22. The van der Waals surface area contributed by atoms with Gasteiger partial charge < -0.3 is 90.4 Å². The van der Waals surface area contributed by atoms with Crippen molar-refractivity contribution in [3.05, 3.63) is 70.5 Å². The Morgan fingerprint density at radius 1 is 0.653 bits per heavy atom. The zero-order valence-corrected chi connectivity index (χ0v) is 42.8. The maximum Gasteiger partial charge on any atom is 0.280 e. The van der Waals surface area contributed by atoms with Crippen LogP contribution in [0.25, 0.3) is 11.1 Å². The number of hydrogen-bond acceptors (Lipinski definition) is 21. The number of halogens is 1. The van der Waals surface area contributed by atoms with Crippen molar-refractivity contribution in [2.75, 3.05) is 63.9 Å². The molecule has 1 heterocycles. The SMILES string of the molecule is NCCCCC(N)C(=O)NC(CCCCN(CC(O)C(O)C(O)C(O)CO)CC(O)C(O)C(O)C(O)CO)C(=O)NCCCc1ccc(-c2ccc(CCCCN=C(N)NC(=O)c3nc(Cl)c(N)nc3N)cc2)cc1. The fourth-order valence-corrected chi connectivity index (χ4v) is 7.95. The van der Waals surface area contributed by atoms with Gasteiger partial charge in [-0.3, -0.25) is 29.6 Å². The maximum atomic E-state index is 13.6. The standard InChI is InChI=1S/C49H79ClN12O13/c50-43-45(54)60-44(53)38(59-43)48(75)61-49(55)57-21-5-2-8-28-12-16-30(17-13-28)31-18-14-29(15-19-31)9-7-22-56-47(74)33(58-46(73)32(52)10-1-4-20-51)11-3-6-23-62(24-34(65)39(69)41(71)36(67)26-63)25-35(66)40(70)42(72)37(68)27-64/h12-19,32-37,39-42,63-72H,1-11,20-27,51-52H2,(H,56,74)(H,58,73)(H4,53,54,60)(H3,55,57,61,75). The third-order valence-electron chi connectivity index (χ3n) is 12.4. The minimum Gasteiger partial charge on any atom is -0.394 e. The van der Waals surface area contributed by atoms with Gasteiger partial charge in [-0.25, -0.2) is 9.97 Å². The summed E-state index contributed by atoms with van der Waals surface area (Å²) in [7, 11) is 0. The highest BCUT2D eigenvalue weighted by atomic mass is 35.5. The highest BCUT2D eigenvalue weighted by Gasteiger charge is 2.34. The molecule has 0 spiro atoms. The van der Waals surface area contributed by atoms with Crippen molar-refractivity contribution >= 4 is 46.9 Å². The summed E-state index contributed by atoms with van der Waals surface area (Å²) in [6.07, 6.45) is -8.94. The van der Waals surface area contributed by atoms with E-state index in [9.17, 15) is 65.4 Å². The first-order valence-corrected chi connectivity index (χ1v) is 25.4. The van der Waals surface area contributed by atoms with Gasteiger partial charge in [0, 0.05) is 26.2 Å². The Kier molecular flexibility index (Phi) is 28.8. The summed E-state index contributed by atoms with van der Waals surface area (Å²) in [5, 5.41) is 108. The van der Waals surface area contributed by atoms with Crippen LogP contribution >= 0.6 is 11.6 Å². The Morgan fingerprint density at radius 2 is 1.17 bits per heavy atom. The first kappa shape index (κ1) is 64.1. The molecular formula is C49H79ClN12O13. The number of nitrogens with one attached hydrogen (secondary N) is 3. The minimum absolute atomic E-state index is 0.0358. The second-order valence-electron chi connectivity index (χ2n) is 18.4. The summed E-state index contributed by atoms with van der Waals surface area (Å²) in [4.78, 5) is 52.4. The maximum absolute atomic E-state index is 13.6. The molecule has 75 heavy (non-hydrogen) atoms. The number of amides is 3. The molecule has 10 unspecified atom stereocenters. The van der Waals surface area contributed by atoms with Gasteiger partial charge in [-0.1, -0.05) is 66.6 Å². The smallest absolute Gasteiger partial charge is 0.280 e. The number of carbonyl (C=O) groups excluding carboxylic acids is 3. The van der Waals surface area contributed by atoms with E-state index >= 15 is 0 Å². The van der Waals surface area contributed by atoms with Crippen molar-refractivity contribution in [1.29, 1.82) is 0 Å². The number of aliphatic imine (C=N–C) groups is 1. The van der Waals surface area contributed by atoms with Crippen molar-refractivity contribution in [2.24, 2.45) is 22.2 Å². The summed E-state index contributed by atoms with van der Waals surface area (Å²) >= 11 is 5.85. The quantitative estimate of drug-likeness (QED) is 0.0153. The zero-order chi connectivity index (χ0) is 55.6. The number of nitrogens with two attached hydrogens (primary N) is 5. The van der Waals surface area contributed by atoms with Crippen LogP contribution in [0, 0.1) is 0 Å². The fourth-order valence-electron chi connectivity index (χ4n) is 7.82. The number of anilines is 2. The number of guanidine groups is 1. The molecule has 3 rings (SSSR count). The number of carbonyl (C=O) groups is 3. The van der Waals surface area contributed by atoms with Crippen LogP contribution in [0.5, 0.6) is 0 Å². The van der Waals surface area contributed by atoms with Gasteiger partial charge in [0.1, 0.15) is 42.7 Å². The molecular weight excluding hydrogens is 1000 g/mol. The third-order valence-corrected chi connectivity index (χ3v) is 12.7. The number of nitrogen functional groups attached to an aromatic ring is 2. The van der Waals surface area contributed by atoms with Gasteiger partial charge in [0.2, 0.25) is 11.8 Å². The number of unbranched alkanes of at least 4 members (excludes halogenated alkanes) is 3. The zero-order valence-electron chi connectivity index (χ0n) is 42.1. The van der Waals surface area contributed by atoms with Crippen LogP contribution in [0.4, 0.5) is 11.6 Å². The van der Waals surface area contributed by atoms with E-state index < -0.39 is 105 Å². The number of aliphatic hydroxyl groups excluding tert-OH is 10. The van der Waals surface area contributed by atoms with Crippen LogP contribution in [0.3, 0.4) is 0 Å². The van der Waals surface area contributed by atoms with Gasteiger partial charge in [-0.2, -0.15) is 0 Å². The van der Waals surface area contributed by atoms with Crippen molar-refractivity contribution in [3.8, 4) is 11.1 Å². The van der Waals surface area contributed by atoms with E-state index in [2.05, 4.69) is 55.2 Å². The Balaban J connectivity index is 1.54. The van der Waals surface area contributed by atoms with Gasteiger partial charge in [-0.15, -0.1) is 0 Å². The summed E-state index contributed by atoms with van der Waals surface area (Å²) in [6, 6.07) is 14.4. The molecule has 0 saturated heterocycles. The number of rotatable bonds is 35. The number of hydrogen-bond donors (Lipinski definition) is 18. The normalized spacial score (nSPS) is 16.0.